The van der Waals surface area contributed by atoms with Gasteiger partial charge in [0, 0.05) is 11.1 Å². The first-order valence-electron chi connectivity index (χ1n) is 7.48. The number of amides is 1. The second kappa shape index (κ2) is 4.08. The molecule has 2 aliphatic carbocycles. The molecule has 3 rings (SSSR count). The summed E-state index contributed by atoms with van der Waals surface area (Å²) in [5.74, 6) is 0.159. The summed E-state index contributed by atoms with van der Waals surface area (Å²) in [6.07, 6.45) is 4.04. The minimum absolute atomic E-state index is 0.0943. The van der Waals surface area contributed by atoms with Crippen LogP contribution in [-0.4, -0.2) is 11.4 Å². The average Bonchev–Trinajstić information content (AvgIpc) is 3.23. The van der Waals surface area contributed by atoms with E-state index in [0.717, 1.165) is 31.2 Å². The summed E-state index contributed by atoms with van der Waals surface area (Å²) in [4.78, 5) is 12.5. The van der Waals surface area contributed by atoms with E-state index < -0.39 is 0 Å². The van der Waals surface area contributed by atoms with E-state index in [1.165, 1.54) is 5.56 Å². The highest BCUT2D eigenvalue weighted by atomic mass is 16.2. The van der Waals surface area contributed by atoms with Gasteiger partial charge in [0.1, 0.15) is 0 Å². The minimum Gasteiger partial charge on any atom is -0.351 e. The predicted molar refractivity (Wildman–Crippen MR) is 80.3 cm³/mol. The molecule has 2 aliphatic rings. The van der Waals surface area contributed by atoms with Gasteiger partial charge in [0.25, 0.3) is 0 Å². The highest BCUT2D eigenvalue weighted by Gasteiger charge is 2.52. The van der Waals surface area contributed by atoms with Crippen molar-refractivity contribution in [3.63, 3.8) is 0 Å². The molecular weight excluding hydrogens is 248 g/mol. The van der Waals surface area contributed by atoms with Crippen molar-refractivity contribution in [1.29, 1.82) is 0 Å². The Kier molecular flexibility index (Phi) is 2.78. The van der Waals surface area contributed by atoms with Gasteiger partial charge in [0.05, 0.1) is 5.41 Å². The fraction of sp³-hybridized carbons (Fsp3) is 0.588. The zero-order chi connectivity index (χ0) is 14.6. The van der Waals surface area contributed by atoms with Crippen LogP contribution in [0.4, 0.5) is 0 Å². The number of hydrogen-bond donors (Lipinski definition) is 2. The van der Waals surface area contributed by atoms with Gasteiger partial charge in [-0.05, 0) is 57.6 Å². The van der Waals surface area contributed by atoms with Crippen LogP contribution in [0.5, 0.6) is 0 Å². The average molecular weight is 272 g/mol. The molecule has 0 heterocycles. The lowest BCUT2D eigenvalue weighted by Gasteiger charge is -2.25. The van der Waals surface area contributed by atoms with Crippen molar-refractivity contribution < 1.29 is 4.79 Å². The SMILES string of the molecule is CC(C)(C)NC(=O)C1(c2ccc(C3(N)CC3)cc2)CC1. The molecule has 2 saturated carbocycles. The molecule has 0 aliphatic heterocycles. The highest BCUT2D eigenvalue weighted by molar-refractivity contribution is 5.91. The van der Waals surface area contributed by atoms with E-state index in [9.17, 15) is 4.79 Å². The Morgan fingerprint density at radius 3 is 1.95 bits per heavy atom. The van der Waals surface area contributed by atoms with Crippen LogP contribution in [0.2, 0.25) is 0 Å². The Balaban J connectivity index is 1.80. The molecule has 3 N–H and O–H groups in total. The summed E-state index contributed by atoms with van der Waals surface area (Å²) in [5, 5.41) is 3.11. The van der Waals surface area contributed by atoms with Gasteiger partial charge in [-0.1, -0.05) is 24.3 Å². The monoisotopic (exact) mass is 272 g/mol. The van der Waals surface area contributed by atoms with Gasteiger partial charge in [-0.15, -0.1) is 0 Å². The molecule has 0 atom stereocenters. The molecule has 1 aromatic carbocycles. The number of nitrogens with two attached hydrogens (primary N) is 1. The fourth-order valence-corrected chi connectivity index (χ4v) is 2.78. The van der Waals surface area contributed by atoms with Crippen molar-refractivity contribution in [2.75, 3.05) is 0 Å². The van der Waals surface area contributed by atoms with Crippen LogP contribution in [-0.2, 0) is 15.7 Å². The number of benzene rings is 1. The molecule has 3 heteroatoms. The van der Waals surface area contributed by atoms with E-state index in [-0.39, 0.29) is 22.4 Å². The van der Waals surface area contributed by atoms with Crippen molar-refractivity contribution in [1.82, 2.24) is 5.32 Å². The van der Waals surface area contributed by atoms with Crippen LogP contribution in [0.3, 0.4) is 0 Å². The molecule has 108 valence electrons. The third kappa shape index (κ3) is 2.35. The molecule has 3 nitrogen and oxygen atoms in total. The van der Waals surface area contributed by atoms with Gasteiger partial charge in [-0.2, -0.15) is 0 Å². The van der Waals surface area contributed by atoms with Crippen molar-refractivity contribution in [2.24, 2.45) is 5.73 Å². The van der Waals surface area contributed by atoms with Crippen LogP contribution >= 0.6 is 0 Å². The first kappa shape index (κ1) is 13.6. The zero-order valence-electron chi connectivity index (χ0n) is 12.6. The molecular formula is C17H24N2O. The number of carbonyl (C=O) groups excluding carboxylic acids is 1. The number of hydrogen-bond acceptors (Lipinski definition) is 2. The van der Waals surface area contributed by atoms with Crippen LogP contribution in [0.25, 0.3) is 0 Å². The number of carbonyl (C=O) groups is 1. The summed E-state index contributed by atoms with van der Waals surface area (Å²) in [6.45, 7) is 6.07. The normalized spacial score (nSPS) is 22.2. The summed E-state index contributed by atoms with van der Waals surface area (Å²) in [5.41, 5.74) is 7.97. The van der Waals surface area contributed by atoms with Crippen molar-refractivity contribution in [2.45, 2.75) is 62.9 Å². The van der Waals surface area contributed by atoms with Crippen molar-refractivity contribution >= 4 is 5.91 Å². The summed E-state index contributed by atoms with van der Waals surface area (Å²) in [6, 6.07) is 8.40. The Bertz CT molecular complexity index is 531. The van der Waals surface area contributed by atoms with Crippen LogP contribution in [0.15, 0.2) is 24.3 Å². The van der Waals surface area contributed by atoms with E-state index in [2.05, 4.69) is 29.6 Å². The molecule has 0 aromatic heterocycles. The van der Waals surface area contributed by atoms with Crippen molar-refractivity contribution in [3.05, 3.63) is 35.4 Å². The van der Waals surface area contributed by atoms with E-state index in [1.807, 2.05) is 20.8 Å². The minimum atomic E-state index is -0.295. The highest BCUT2D eigenvalue weighted by Crippen LogP contribution is 2.50. The van der Waals surface area contributed by atoms with Gasteiger partial charge in [-0.25, -0.2) is 0 Å². The number of nitrogens with one attached hydrogen (secondary N) is 1. The van der Waals surface area contributed by atoms with Crippen LogP contribution in [0, 0.1) is 0 Å². The molecule has 1 amide bonds. The Morgan fingerprint density at radius 2 is 1.55 bits per heavy atom. The van der Waals surface area contributed by atoms with Gasteiger partial charge < -0.3 is 11.1 Å². The van der Waals surface area contributed by atoms with Gasteiger partial charge in [-0.3, -0.25) is 4.79 Å². The lowest BCUT2D eigenvalue weighted by molar-refractivity contribution is -0.125. The standard InChI is InChI=1S/C17H24N2O/c1-15(2,3)19-14(20)16(8-9-16)12-4-6-13(7-5-12)17(18)10-11-17/h4-7H,8-11,18H2,1-3H3,(H,19,20). The molecule has 2 fully saturated rings. The maximum atomic E-state index is 12.5. The largest absolute Gasteiger partial charge is 0.351 e. The Labute approximate surface area is 120 Å². The topological polar surface area (TPSA) is 55.1 Å². The fourth-order valence-electron chi connectivity index (χ4n) is 2.78. The second-order valence-electron chi connectivity index (χ2n) is 7.52. The van der Waals surface area contributed by atoms with Crippen LogP contribution in [0.1, 0.15) is 57.6 Å². The lowest BCUT2D eigenvalue weighted by atomic mass is 9.91. The molecule has 0 spiro atoms. The summed E-state index contributed by atoms with van der Waals surface area (Å²) < 4.78 is 0. The zero-order valence-corrected chi connectivity index (χ0v) is 12.6. The maximum Gasteiger partial charge on any atom is 0.231 e. The predicted octanol–water partition coefficient (Wildman–Crippen LogP) is 2.58. The third-order valence-electron chi connectivity index (χ3n) is 4.47. The third-order valence-corrected chi connectivity index (χ3v) is 4.47. The maximum absolute atomic E-state index is 12.5. The molecule has 0 unspecified atom stereocenters. The summed E-state index contributed by atoms with van der Waals surface area (Å²) in [7, 11) is 0. The van der Waals surface area contributed by atoms with Crippen molar-refractivity contribution in [3.8, 4) is 0 Å². The summed E-state index contributed by atoms with van der Waals surface area (Å²) >= 11 is 0. The Morgan fingerprint density at radius 1 is 1.05 bits per heavy atom. The first-order chi connectivity index (χ1) is 9.25. The van der Waals surface area contributed by atoms with E-state index >= 15 is 0 Å². The first-order valence-corrected chi connectivity index (χ1v) is 7.48. The lowest BCUT2D eigenvalue weighted by Crippen LogP contribution is -2.46. The van der Waals surface area contributed by atoms with E-state index in [0.29, 0.717) is 0 Å². The molecule has 0 bridgehead atoms. The van der Waals surface area contributed by atoms with Gasteiger partial charge >= 0.3 is 0 Å². The van der Waals surface area contributed by atoms with Gasteiger partial charge in [0.2, 0.25) is 5.91 Å². The Hall–Kier alpha value is -1.35. The van der Waals surface area contributed by atoms with Crippen LogP contribution < -0.4 is 11.1 Å². The number of rotatable bonds is 3. The molecule has 0 saturated heterocycles. The smallest absolute Gasteiger partial charge is 0.231 e. The molecule has 0 radical (unpaired) electrons. The molecule has 1 aromatic rings. The second-order valence-corrected chi connectivity index (χ2v) is 7.52. The molecule has 20 heavy (non-hydrogen) atoms. The quantitative estimate of drug-likeness (QED) is 0.888. The van der Waals surface area contributed by atoms with Gasteiger partial charge in [0.15, 0.2) is 0 Å². The van der Waals surface area contributed by atoms with E-state index in [1.54, 1.807) is 0 Å². The van der Waals surface area contributed by atoms with E-state index in [4.69, 9.17) is 5.73 Å².